The van der Waals surface area contributed by atoms with Gasteiger partial charge >= 0.3 is 18.2 Å². The van der Waals surface area contributed by atoms with Crippen molar-refractivity contribution in [3.8, 4) is 23.3 Å². The molecular weight excluding hydrogens is 765 g/mol. The van der Waals surface area contributed by atoms with Gasteiger partial charge in [0.1, 0.15) is 34.6 Å². The van der Waals surface area contributed by atoms with Gasteiger partial charge in [0, 0.05) is 62.3 Å². The highest BCUT2D eigenvalue weighted by molar-refractivity contribution is 7.23. The van der Waals surface area contributed by atoms with E-state index in [-0.39, 0.29) is 101 Å². The van der Waals surface area contributed by atoms with Gasteiger partial charge in [-0.3, -0.25) is 20.0 Å². The van der Waals surface area contributed by atoms with Crippen LogP contribution in [0.25, 0.3) is 32.2 Å². The van der Waals surface area contributed by atoms with Crippen LogP contribution in [-0.2, 0) is 27.5 Å². The number of fused-ring (bicyclic) bond motifs is 6. The predicted octanol–water partition coefficient (Wildman–Crippen LogP) is 5.31. The number of pyridine rings is 1. The number of nitrogens with one attached hydrogen (secondary N) is 1. The van der Waals surface area contributed by atoms with Crippen LogP contribution in [0.5, 0.6) is 6.01 Å². The van der Waals surface area contributed by atoms with Crippen molar-refractivity contribution in [3.63, 3.8) is 0 Å². The van der Waals surface area contributed by atoms with E-state index < -0.39 is 29.4 Å². The molecule has 4 aliphatic heterocycles. The van der Waals surface area contributed by atoms with Gasteiger partial charge in [-0.25, -0.2) is 18.4 Å². The third kappa shape index (κ3) is 6.99. The van der Waals surface area contributed by atoms with Crippen LogP contribution < -0.4 is 15.0 Å². The molecule has 7 heterocycles. The molecule has 3 amide bonds. The van der Waals surface area contributed by atoms with Crippen molar-refractivity contribution in [1.82, 2.24) is 29.7 Å². The number of thiophene rings is 1. The largest absolute Gasteiger partial charge is 0.465 e. The monoisotopic (exact) mass is 805 g/mol. The normalized spacial score (nSPS) is 19.7. The first-order valence-corrected chi connectivity index (χ1v) is 19.6. The molecule has 4 aromatic rings. The number of carbonyl (C=O) groups excluding carboxylic acids is 2. The summed E-state index contributed by atoms with van der Waals surface area (Å²) in [4.78, 5) is 58.4. The number of piperazine rings is 2. The summed E-state index contributed by atoms with van der Waals surface area (Å²) in [6.07, 6.45) is 0.470. The molecule has 3 saturated heterocycles. The van der Waals surface area contributed by atoms with Gasteiger partial charge in [-0.15, -0.1) is 11.3 Å². The highest BCUT2D eigenvalue weighted by Crippen LogP contribution is 2.48. The summed E-state index contributed by atoms with van der Waals surface area (Å²) in [5.74, 6) is -1.18. The van der Waals surface area contributed by atoms with E-state index in [1.165, 1.54) is 4.90 Å². The SMILES string of the molecule is CCN1CCN(CCOc2nc(N3C4CCC3CN(C(=O)O)C4)c3c4c(c(-c5ncc(F)c6sc(NC(=O)OC(C)(C)C)c(C#N)c56)c(F)c3n2)COC4)CC1=O. The lowest BCUT2D eigenvalue weighted by Gasteiger charge is -2.41. The van der Waals surface area contributed by atoms with Crippen LogP contribution in [0.1, 0.15) is 57.2 Å². The number of aromatic nitrogens is 3. The Bertz CT molecular complexity index is 2350. The molecule has 3 aromatic heterocycles. The average Bonchev–Trinajstić information content (AvgIpc) is 3.85. The molecule has 2 bridgehead atoms. The van der Waals surface area contributed by atoms with Gasteiger partial charge in [-0.1, -0.05) is 0 Å². The molecule has 1 aromatic carbocycles. The molecule has 8 rings (SSSR count). The number of carboxylic acid groups (broad SMARTS) is 1. The summed E-state index contributed by atoms with van der Waals surface area (Å²) < 4.78 is 50.6. The first kappa shape index (κ1) is 38.4. The van der Waals surface area contributed by atoms with E-state index in [4.69, 9.17) is 19.2 Å². The minimum Gasteiger partial charge on any atom is -0.465 e. The quantitative estimate of drug-likeness (QED) is 0.234. The fourth-order valence-electron chi connectivity index (χ4n) is 8.29. The van der Waals surface area contributed by atoms with E-state index in [1.54, 1.807) is 25.7 Å². The van der Waals surface area contributed by atoms with Gasteiger partial charge in [-0.2, -0.15) is 15.2 Å². The molecule has 0 aliphatic carbocycles. The van der Waals surface area contributed by atoms with Gasteiger partial charge in [0.2, 0.25) is 5.91 Å². The van der Waals surface area contributed by atoms with E-state index in [0.29, 0.717) is 61.4 Å². The second-order valence-corrected chi connectivity index (χ2v) is 16.5. The number of amides is 3. The Morgan fingerprint density at radius 1 is 1.12 bits per heavy atom. The Balaban J connectivity index is 1.26. The van der Waals surface area contributed by atoms with Crippen LogP contribution in [0.15, 0.2) is 6.20 Å². The Hall–Kier alpha value is -5.45. The minimum absolute atomic E-state index is 0.00668. The third-order valence-corrected chi connectivity index (χ3v) is 11.9. The Labute approximate surface area is 329 Å². The van der Waals surface area contributed by atoms with Crippen molar-refractivity contribution in [2.45, 2.75) is 71.4 Å². The highest BCUT2D eigenvalue weighted by Gasteiger charge is 2.44. The molecule has 0 spiro atoms. The fourth-order valence-corrected chi connectivity index (χ4v) is 9.33. The van der Waals surface area contributed by atoms with E-state index >= 15 is 8.78 Å². The first-order chi connectivity index (χ1) is 27.3. The number of anilines is 2. The zero-order chi connectivity index (χ0) is 40.3. The van der Waals surface area contributed by atoms with Crippen molar-refractivity contribution >= 4 is 61.2 Å². The molecule has 0 radical (unpaired) electrons. The molecule has 57 heavy (non-hydrogen) atoms. The molecule has 2 N–H and O–H groups in total. The smallest absolute Gasteiger partial charge is 0.412 e. The number of benzene rings is 1. The van der Waals surface area contributed by atoms with E-state index in [2.05, 4.69) is 21.4 Å². The number of halogens is 2. The molecular formula is C38H41F2N9O7S. The summed E-state index contributed by atoms with van der Waals surface area (Å²) >= 11 is 0.808. The van der Waals surface area contributed by atoms with Crippen LogP contribution >= 0.6 is 11.3 Å². The number of likely N-dealkylation sites (N-methyl/N-ethyl adjacent to an activating group) is 1. The van der Waals surface area contributed by atoms with E-state index in [1.807, 2.05) is 16.7 Å². The van der Waals surface area contributed by atoms with E-state index in [9.17, 15) is 24.8 Å². The van der Waals surface area contributed by atoms with Crippen LogP contribution in [0.4, 0.5) is 29.2 Å². The lowest BCUT2D eigenvalue weighted by molar-refractivity contribution is -0.135. The highest BCUT2D eigenvalue weighted by atomic mass is 32.1. The summed E-state index contributed by atoms with van der Waals surface area (Å²) in [5.41, 5.74) is -0.157. The Kier molecular flexibility index (Phi) is 9.98. The van der Waals surface area contributed by atoms with Gasteiger partial charge in [0.05, 0.1) is 47.3 Å². The molecule has 16 nitrogen and oxygen atoms in total. The van der Waals surface area contributed by atoms with E-state index in [0.717, 1.165) is 17.5 Å². The van der Waals surface area contributed by atoms with Gasteiger partial charge in [-0.05, 0) is 51.7 Å². The van der Waals surface area contributed by atoms with Gasteiger partial charge in [0.15, 0.2) is 11.6 Å². The average molecular weight is 806 g/mol. The van der Waals surface area contributed by atoms with Gasteiger partial charge < -0.3 is 34.0 Å². The van der Waals surface area contributed by atoms with Crippen LogP contribution in [0.2, 0.25) is 0 Å². The molecule has 2 atom stereocenters. The Morgan fingerprint density at radius 2 is 1.86 bits per heavy atom. The van der Waals surface area contributed by atoms with Crippen molar-refractivity contribution in [3.05, 3.63) is 34.5 Å². The second kappa shape index (κ2) is 14.8. The summed E-state index contributed by atoms with van der Waals surface area (Å²) in [7, 11) is 0. The molecule has 4 aliphatic rings. The number of hydrogen-bond acceptors (Lipinski definition) is 13. The van der Waals surface area contributed by atoms with Crippen molar-refractivity contribution < 1.29 is 42.5 Å². The van der Waals surface area contributed by atoms with Crippen molar-refractivity contribution in [1.29, 1.82) is 5.26 Å². The summed E-state index contributed by atoms with van der Waals surface area (Å²) in [5, 5.41) is 23.2. The summed E-state index contributed by atoms with van der Waals surface area (Å²) in [6, 6.07) is 1.44. The lowest BCUT2D eigenvalue weighted by atomic mass is 9.93. The third-order valence-electron chi connectivity index (χ3n) is 10.8. The zero-order valence-electron chi connectivity index (χ0n) is 31.9. The van der Waals surface area contributed by atoms with Crippen molar-refractivity contribution in [2.75, 3.05) is 62.6 Å². The number of ether oxygens (including phenoxy) is 3. The molecule has 19 heteroatoms. The minimum atomic E-state index is -1.01. The number of nitriles is 1. The van der Waals surface area contributed by atoms with Crippen LogP contribution in [0, 0.1) is 23.0 Å². The standard InChI is InChI=1S/C38H41F2N9O7S/c1-5-47-9-8-46(16-25(47)50)10-11-55-35-43-31-28(33(44-35)49-19-6-7-20(49)15-48(14-19)37(52)53)23-18-54-17-22(23)26(29(31)40)30-27-21(12-41)34(45-36(51)56-38(2,3)4)57-32(27)24(39)13-42-30/h13,19-20H,5-11,14-18H2,1-4H3,(H,45,51)(H,52,53). The maximum Gasteiger partial charge on any atom is 0.412 e. The second-order valence-electron chi connectivity index (χ2n) is 15.5. The topological polar surface area (TPSA) is 187 Å². The zero-order valence-corrected chi connectivity index (χ0v) is 32.7. The number of hydrogen-bond donors (Lipinski definition) is 2. The molecule has 3 fully saturated rings. The summed E-state index contributed by atoms with van der Waals surface area (Å²) in [6.45, 7) is 10.1. The van der Waals surface area contributed by atoms with Crippen molar-refractivity contribution in [2.24, 2.45) is 0 Å². The van der Waals surface area contributed by atoms with Crippen LogP contribution in [-0.4, -0.2) is 123 Å². The lowest BCUT2D eigenvalue weighted by Crippen LogP contribution is -2.55. The van der Waals surface area contributed by atoms with Gasteiger partial charge in [0.25, 0.3) is 0 Å². The number of carbonyl (C=O) groups is 3. The fraction of sp³-hybridized carbons (Fsp3) is 0.500. The number of nitrogens with zero attached hydrogens (tertiary/aromatic N) is 8. The predicted molar refractivity (Wildman–Crippen MR) is 204 cm³/mol. The number of likely N-dealkylation sites (tertiary alicyclic amines) is 1. The number of rotatable bonds is 8. The molecule has 2 unspecified atom stereocenters. The molecule has 300 valence electrons. The Morgan fingerprint density at radius 3 is 2.53 bits per heavy atom. The maximum absolute atomic E-state index is 17.6. The first-order valence-electron chi connectivity index (χ1n) is 18.8. The molecule has 0 saturated carbocycles. The van der Waals surface area contributed by atoms with Crippen LogP contribution in [0.3, 0.4) is 0 Å². The maximum atomic E-state index is 17.6.